The van der Waals surface area contributed by atoms with Gasteiger partial charge < -0.3 is 10.2 Å². The number of rotatable bonds is 4. The van der Waals surface area contributed by atoms with Crippen molar-refractivity contribution in [1.29, 1.82) is 0 Å². The van der Waals surface area contributed by atoms with Crippen molar-refractivity contribution in [2.45, 2.75) is 13.0 Å². The van der Waals surface area contributed by atoms with Crippen LogP contribution in [-0.2, 0) is 13.0 Å². The summed E-state index contributed by atoms with van der Waals surface area (Å²) in [5.41, 5.74) is 3.97. The highest BCUT2D eigenvalue weighted by atomic mass is 16.1. The number of hydrogen-bond acceptors (Lipinski definition) is 4. The van der Waals surface area contributed by atoms with Crippen LogP contribution in [0.15, 0.2) is 67.0 Å². The van der Waals surface area contributed by atoms with Crippen molar-refractivity contribution in [3.8, 4) is 0 Å². The minimum absolute atomic E-state index is 0.169. The Bertz CT molecular complexity index is 878. The largest absolute Gasteiger partial charge is 0.348 e. The van der Waals surface area contributed by atoms with Crippen molar-refractivity contribution < 1.29 is 4.79 Å². The van der Waals surface area contributed by atoms with Crippen LogP contribution in [0.25, 0.3) is 0 Å². The summed E-state index contributed by atoms with van der Waals surface area (Å²) in [6.45, 7) is 1.35. The third kappa shape index (κ3) is 3.21. The predicted molar refractivity (Wildman–Crippen MR) is 96.8 cm³/mol. The lowest BCUT2D eigenvalue weighted by atomic mass is 10.2. The predicted octanol–water partition coefficient (Wildman–Crippen LogP) is 3.10. The van der Waals surface area contributed by atoms with Crippen LogP contribution in [0.2, 0.25) is 0 Å². The van der Waals surface area contributed by atoms with Gasteiger partial charge in [0.15, 0.2) is 0 Å². The van der Waals surface area contributed by atoms with Gasteiger partial charge in [-0.15, -0.1) is 0 Å². The van der Waals surface area contributed by atoms with Crippen molar-refractivity contribution in [2.24, 2.45) is 0 Å². The van der Waals surface area contributed by atoms with Crippen molar-refractivity contribution in [3.63, 3.8) is 0 Å². The van der Waals surface area contributed by atoms with Crippen LogP contribution in [0.1, 0.15) is 21.5 Å². The van der Waals surface area contributed by atoms with E-state index in [0.29, 0.717) is 18.1 Å². The molecule has 0 saturated carbocycles. The number of aromatic nitrogens is 2. The molecule has 5 nitrogen and oxygen atoms in total. The van der Waals surface area contributed by atoms with Crippen LogP contribution in [0.4, 0.5) is 11.6 Å². The number of nitrogens with one attached hydrogen (secondary N) is 1. The van der Waals surface area contributed by atoms with E-state index in [4.69, 9.17) is 0 Å². The van der Waals surface area contributed by atoms with Crippen LogP contribution in [0, 0.1) is 0 Å². The van der Waals surface area contributed by atoms with E-state index in [0.717, 1.165) is 24.2 Å². The average molecular weight is 330 g/mol. The number of fused-ring (bicyclic) bond motifs is 1. The van der Waals surface area contributed by atoms with Gasteiger partial charge in [-0.05, 0) is 23.6 Å². The first-order valence-electron chi connectivity index (χ1n) is 8.31. The van der Waals surface area contributed by atoms with Crippen molar-refractivity contribution in [3.05, 3.63) is 83.7 Å². The summed E-state index contributed by atoms with van der Waals surface area (Å²) >= 11 is 0. The Labute approximate surface area is 146 Å². The van der Waals surface area contributed by atoms with Crippen LogP contribution in [0.3, 0.4) is 0 Å². The molecule has 2 aromatic carbocycles. The van der Waals surface area contributed by atoms with Crippen molar-refractivity contribution in [2.75, 3.05) is 11.4 Å². The number of nitrogens with zero attached hydrogens (tertiary/aromatic N) is 3. The maximum absolute atomic E-state index is 12.2. The van der Waals surface area contributed by atoms with Gasteiger partial charge in [-0.1, -0.05) is 48.5 Å². The molecule has 0 unspecified atom stereocenters. The average Bonchev–Trinajstić information content (AvgIpc) is 3.11. The van der Waals surface area contributed by atoms with Crippen LogP contribution >= 0.6 is 0 Å². The topological polar surface area (TPSA) is 58.1 Å². The molecule has 0 aliphatic carbocycles. The lowest BCUT2D eigenvalue weighted by molar-refractivity contribution is 0.0950. The lowest BCUT2D eigenvalue weighted by Crippen LogP contribution is -2.24. The molecule has 0 saturated heterocycles. The molecule has 1 amide bonds. The van der Waals surface area contributed by atoms with E-state index >= 15 is 0 Å². The Kier molecular flexibility index (Phi) is 4.12. The molecule has 4 rings (SSSR count). The molecule has 25 heavy (non-hydrogen) atoms. The number of carbonyl (C=O) groups is 1. The fourth-order valence-electron chi connectivity index (χ4n) is 3.00. The number of anilines is 2. The third-order valence-electron chi connectivity index (χ3n) is 4.32. The van der Waals surface area contributed by atoms with Crippen LogP contribution in [0.5, 0.6) is 0 Å². The molecule has 3 aromatic rings. The quantitative estimate of drug-likeness (QED) is 0.798. The second-order valence-electron chi connectivity index (χ2n) is 5.97. The standard InChI is InChI=1S/C20H18N4O/c25-19(21-12-15-6-2-1-3-7-15)17-13-22-20(23-14-17)24-11-10-16-8-4-5-9-18(16)24/h1-9,13-14H,10-12H2,(H,21,25). The van der Waals surface area contributed by atoms with Gasteiger partial charge in [0.1, 0.15) is 0 Å². The molecule has 0 atom stereocenters. The van der Waals surface area contributed by atoms with Gasteiger partial charge in [0.25, 0.3) is 5.91 Å². The summed E-state index contributed by atoms with van der Waals surface area (Å²) < 4.78 is 0. The SMILES string of the molecule is O=C(NCc1ccccc1)c1cnc(N2CCc3ccccc32)nc1. The van der Waals surface area contributed by atoms with Gasteiger partial charge in [-0.2, -0.15) is 0 Å². The monoisotopic (exact) mass is 330 g/mol. The summed E-state index contributed by atoms with van der Waals surface area (Å²) in [6.07, 6.45) is 4.16. The van der Waals surface area contributed by atoms with Gasteiger partial charge in [-0.3, -0.25) is 4.79 Å². The Morgan fingerprint density at radius 3 is 2.52 bits per heavy atom. The highest BCUT2D eigenvalue weighted by molar-refractivity contribution is 5.93. The minimum Gasteiger partial charge on any atom is -0.348 e. The molecule has 2 heterocycles. The molecule has 1 N–H and O–H groups in total. The normalized spacial score (nSPS) is 12.7. The second-order valence-corrected chi connectivity index (χ2v) is 5.97. The van der Waals surface area contributed by atoms with Gasteiger partial charge in [0, 0.05) is 31.2 Å². The zero-order chi connectivity index (χ0) is 17.1. The summed E-state index contributed by atoms with van der Waals surface area (Å²) in [5.74, 6) is 0.460. The first-order chi connectivity index (χ1) is 12.3. The number of benzene rings is 2. The molecule has 0 spiro atoms. The molecule has 0 fully saturated rings. The van der Waals surface area contributed by atoms with E-state index in [9.17, 15) is 4.79 Å². The zero-order valence-corrected chi connectivity index (χ0v) is 13.7. The van der Waals surface area contributed by atoms with Gasteiger partial charge >= 0.3 is 0 Å². The van der Waals surface area contributed by atoms with Gasteiger partial charge in [0.2, 0.25) is 5.95 Å². The Balaban J connectivity index is 1.45. The van der Waals surface area contributed by atoms with Crippen LogP contribution < -0.4 is 10.2 Å². The number of para-hydroxylation sites is 1. The summed E-state index contributed by atoms with van der Waals surface area (Å²) in [6, 6.07) is 18.1. The molecule has 5 heteroatoms. The fourth-order valence-corrected chi connectivity index (χ4v) is 3.00. The smallest absolute Gasteiger partial charge is 0.254 e. The third-order valence-corrected chi connectivity index (χ3v) is 4.32. The Morgan fingerprint density at radius 2 is 1.72 bits per heavy atom. The van der Waals surface area contributed by atoms with Crippen molar-refractivity contribution in [1.82, 2.24) is 15.3 Å². The second kappa shape index (κ2) is 6.73. The number of carbonyl (C=O) groups excluding carboxylic acids is 1. The maximum Gasteiger partial charge on any atom is 0.254 e. The highest BCUT2D eigenvalue weighted by Gasteiger charge is 2.21. The van der Waals surface area contributed by atoms with Crippen molar-refractivity contribution >= 4 is 17.5 Å². The van der Waals surface area contributed by atoms with E-state index in [-0.39, 0.29) is 5.91 Å². The molecule has 1 aliphatic heterocycles. The summed E-state index contributed by atoms with van der Waals surface area (Å²) in [5, 5.41) is 2.89. The summed E-state index contributed by atoms with van der Waals surface area (Å²) in [4.78, 5) is 23.1. The van der Waals surface area contributed by atoms with E-state index in [2.05, 4.69) is 32.3 Å². The molecule has 0 radical (unpaired) electrons. The number of amides is 1. The molecule has 1 aliphatic rings. The molecular weight excluding hydrogens is 312 g/mol. The first-order valence-corrected chi connectivity index (χ1v) is 8.31. The fraction of sp³-hybridized carbons (Fsp3) is 0.150. The minimum atomic E-state index is -0.169. The molecule has 124 valence electrons. The van der Waals surface area contributed by atoms with Gasteiger partial charge in [0.05, 0.1) is 5.56 Å². The van der Waals surface area contributed by atoms with E-state index in [1.807, 2.05) is 42.5 Å². The Hall–Kier alpha value is -3.21. The van der Waals surface area contributed by atoms with Gasteiger partial charge in [-0.25, -0.2) is 9.97 Å². The Morgan fingerprint density at radius 1 is 1.00 bits per heavy atom. The first kappa shape index (κ1) is 15.3. The molecule has 0 bridgehead atoms. The zero-order valence-electron chi connectivity index (χ0n) is 13.7. The van der Waals surface area contributed by atoms with E-state index in [1.165, 1.54) is 5.56 Å². The highest BCUT2D eigenvalue weighted by Crippen LogP contribution is 2.31. The van der Waals surface area contributed by atoms with E-state index in [1.54, 1.807) is 12.4 Å². The summed E-state index contributed by atoms with van der Waals surface area (Å²) in [7, 11) is 0. The number of hydrogen-bond donors (Lipinski definition) is 1. The molecular formula is C20H18N4O. The molecule has 1 aromatic heterocycles. The van der Waals surface area contributed by atoms with E-state index < -0.39 is 0 Å². The maximum atomic E-state index is 12.2. The van der Waals surface area contributed by atoms with Crippen LogP contribution in [-0.4, -0.2) is 22.4 Å². The lowest BCUT2D eigenvalue weighted by Gasteiger charge is -2.16.